The molecule has 10 heteroatoms. The topological polar surface area (TPSA) is 141 Å². The third-order valence-electron chi connectivity index (χ3n) is 4.13. The number of hydrogen-bond acceptors (Lipinski definition) is 7. The molecule has 140 valence electrons. The maximum atomic E-state index is 11.9. The summed E-state index contributed by atoms with van der Waals surface area (Å²) in [5.41, 5.74) is 7.11. The second-order valence-corrected chi connectivity index (χ2v) is 5.90. The number of nitrogens with one attached hydrogen (secondary N) is 1. The van der Waals surface area contributed by atoms with E-state index in [1.165, 1.54) is 6.08 Å². The Morgan fingerprint density at radius 1 is 1.37 bits per heavy atom. The Labute approximate surface area is 155 Å². The highest BCUT2D eigenvalue weighted by Gasteiger charge is 2.23. The molecular weight excluding hydrogens is 350 g/mol. The summed E-state index contributed by atoms with van der Waals surface area (Å²) in [6, 6.07) is 1.93. The number of hydrogen-bond donors (Lipinski definition) is 2. The Kier molecular flexibility index (Phi) is 5.51. The molecule has 10 nitrogen and oxygen atoms in total. The van der Waals surface area contributed by atoms with Gasteiger partial charge in [-0.2, -0.15) is 5.26 Å². The zero-order chi connectivity index (χ0) is 19.2. The molecule has 1 saturated heterocycles. The van der Waals surface area contributed by atoms with Gasteiger partial charge in [-0.25, -0.2) is 14.8 Å². The first-order chi connectivity index (χ1) is 13.1. The smallest absolute Gasteiger partial charge is 0.409 e. The molecule has 2 aromatic rings. The first kappa shape index (κ1) is 18.2. The highest BCUT2D eigenvalue weighted by atomic mass is 16.6. The fraction of sp³-hybridized carbons (Fsp3) is 0.353. The number of aromatic amines is 1. The second-order valence-electron chi connectivity index (χ2n) is 5.90. The Hall–Kier alpha value is -3.61. The Morgan fingerprint density at radius 2 is 2.15 bits per heavy atom. The fourth-order valence-electron chi connectivity index (χ4n) is 2.75. The van der Waals surface area contributed by atoms with Crippen molar-refractivity contribution in [1.29, 1.82) is 5.26 Å². The summed E-state index contributed by atoms with van der Waals surface area (Å²) in [6.07, 6.45) is 6.02. The van der Waals surface area contributed by atoms with Crippen molar-refractivity contribution in [2.45, 2.75) is 6.42 Å². The average molecular weight is 369 g/mol. The monoisotopic (exact) mass is 369 g/mol. The number of nitrogens with zero attached hydrogens (tertiary/aromatic N) is 5. The number of nitrogens with two attached hydrogens (primary N) is 1. The number of anilines is 1. The molecular formula is C17H19N7O3. The predicted molar refractivity (Wildman–Crippen MR) is 97.5 cm³/mol. The molecule has 1 aliphatic heterocycles. The van der Waals surface area contributed by atoms with Crippen LogP contribution in [0.15, 0.2) is 18.5 Å². The standard InChI is InChI=1S/C17H19N7O3/c18-4-1-9-27-17(26)24-7-5-23(6-8-24)14-11-21-16-15(22-14)12(10-20-16)2-3-13(19)25/h2-3,10-11H,1,5-9H2,(H2,19,25)(H,20,21)/b3-2+. The molecule has 27 heavy (non-hydrogen) atoms. The van der Waals surface area contributed by atoms with Crippen LogP contribution in [0.2, 0.25) is 0 Å². The van der Waals surface area contributed by atoms with Crippen molar-refractivity contribution >= 4 is 35.1 Å². The normalized spacial score (nSPS) is 14.5. The van der Waals surface area contributed by atoms with Crippen LogP contribution < -0.4 is 10.6 Å². The van der Waals surface area contributed by atoms with Gasteiger partial charge in [0, 0.05) is 44.0 Å². The summed E-state index contributed by atoms with van der Waals surface area (Å²) >= 11 is 0. The van der Waals surface area contributed by atoms with Crippen molar-refractivity contribution in [1.82, 2.24) is 19.9 Å². The van der Waals surface area contributed by atoms with Crippen molar-refractivity contribution < 1.29 is 14.3 Å². The number of rotatable bonds is 5. The van der Waals surface area contributed by atoms with Gasteiger partial charge in [0.2, 0.25) is 5.91 Å². The summed E-state index contributed by atoms with van der Waals surface area (Å²) in [4.78, 5) is 38.5. The van der Waals surface area contributed by atoms with Crippen LogP contribution in [0, 0.1) is 11.3 Å². The van der Waals surface area contributed by atoms with Gasteiger partial charge in [0.25, 0.3) is 0 Å². The number of carbonyl (C=O) groups excluding carboxylic acids is 2. The average Bonchev–Trinajstić information content (AvgIpc) is 3.09. The van der Waals surface area contributed by atoms with Crippen LogP contribution in [0.4, 0.5) is 10.6 Å². The number of H-pyrrole nitrogens is 1. The van der Waals surface area contributed by atoms with Crippen LogP contribution in [0.25, 0.3) is 17.2 Å². The van der Waals surface area contributed by atoms with Gasteiger partial charge in [-0.05, 0) is 6.08 Å². The van der Waals surface area contributed by atoms with Gasteiger partial charge in [-0.15, -0.1) is 0 Å². The summed E-state index contributed by atoms with van der Waals surface area (Å²) in [5, 5.41) is 8.49. The van der Waals surface area contributed by atoms with E-state index in [1.807, 2.05) is 11.0 Å². The van der Waals surface area contributed by atoms with Crippen molar-refractivity contribution in [3.63, 3.8) is 0 Å². The molecule has 0 unspecified atom stereocenters. The minimum Gasteiger partial charge on any atom is -0.448 e. The second kappa shape index (κ2) is 8.18. The van der Waals surface area contributed by atoms with Crippen molar-refractivity contribution in [2.75, 3.05) is 37.7 Å². The van der Waals surface area contributed by atoms with E-state index in [0.29, 0.717) is 43.2 Å². The van der Waals surface area contributed by atoms with E-state index < -0.39 is 12.0 Å². The van der Waals surface area contributed by atoms with Gasteiger partial charge < -0.3 is 25.3 Å². The van der Waals surface area contributed by atoms with Gasteiger partial charge in [0.05, 0.1) is 18.7 Å². The van der Waals surface area contributed by atoms with Crippen LogP contribution in [0.5, 0.6) is 0 Å². The first-order valence-electron chi connectivity index (χ1n) is 8.43. The molecule has 3 N–H and O–H groups in total. The lowest BCUT2D eigenvalue weighted by atomic mass is 10.2. The van der Waals surface area contributed by atoms with Gasteiger partial charge in [-0.1, -0.05) is 0 Å². The molecule has 1 fully saturated rings. The zero-order valence-corrected chi connectivity index (χ0v) is 14.6. The summed E-state index contributed by atoms with van der Waals surface area (Å²) in [7, 11) is 0. The van der Waals surface area contributed by atoms with E-state index in [9.17, 15) is 9.59 Å². The first-order valence-corrected chi connectivity index (χ1v) is 8.43. The van der Waals surface area contributed by atoms with E-state index in [4.69, 9.17) is 15.7 Å². The van der Waals surface area contributed by atoms with E-state index in [1.54, 1.807) is 23.4 Å². The number of nitriles is 1. The van der Waals surface area contributed by atoms with Crippen LogP contribution in [0.1, 0.15) is 12.0 Å². The maximum absolute atomic E-state index is 11.9. The number of amides is 2. The van der Waals surface area contributed by atoms with E-state index in [2.05, 4.69) is 15.0 Å². The minimum absolute atomic E-state index is 0.104. The summed E-state index contributed by atoms with van der Waals surface area (Å²) in [6.45, 7) is 2.26. The molecule has 0 radical (unpaired) electrons. The highest BCUT2D eigenvalue weighted by molar-refractivity contribution is 5.93. The van der Waals surface area contributed by atoms with E-state index in [-0.39, 0.29) is 13.0 Å². The van der Waals surface area contributed by atoms with Crippen molar-refractivity contribution in [3.8, 4) is 6.07 Å². The molecule has 1 aliphatic rings. The third-order valence-corrected chi connectivity index (χ3v) is 4.13. The SMILES string of the molecule is N#CCCOC(=O)N1CCN(c2cnc3[nH]cc(/C=C/C(N)=O)c3n2)CC1. The minimum atomic E-state index is -0.536. The largest absolute Gasteiger partial charge is 0.448 e. The number of aromatic nitrogens is 3. The number of piperazine rings is 1. The van der Waals surface area contributed by atoms with Gasteiger partial charge in [0.15, 0.2) is 5.65 Å². The van der Waals surface area contributed by atoms with Crippen LogP contribution in [-0.4, -0.2) is 64.6 Å². The lowest BCUT2D eigenvalue weighted by molar-refractivity contribution is -0.113. The molecule has 0 aromatic carbocycles. The quantitative estimate of drug-likeness (QED) is 0.581. The Bertz CT molecular complexity index is 907. The fourth-order valence-corrected chi connectivity index (χ4v) is 2.75. The van der Waals surface area contributed by atoms with Gasteiger partial charge >= 0.3 is 6.09 Å². The maximum Gasteiger partial charge on any atom is 0.409 e. The molecule has 0 atom stereocenters. The lowest BCUT2D eigenvalue weighted by Crippen LogP contribution is -2.49. The number of fused-ring (bicyclic) bond motifs is 1. The third kappa shape index (κ3) is 4.33. The van der Waals surface area contributed by atoms with Gasteiger partial charge in [-0.3, -0.25) is 4.79 Å². The van der Waals surface area contributed by atoms with Crippen LogP contribution in [0.3, 0.4) is 0 Å². The van der Waals surface area contributed by atoms with Crippen LogP contribution >= 0.6 is 0 Å². The highest BCUT2D eigenvalue weighted by Crippen LogP contribution is 2.20. The Balaban J connectivity index is 1.66. The van der Waals surface area contributed by atoms with E-state index >= 15 is 0 Å². The number of ether oxygens (including phenoxy) is 1. The molecule has 2 amide bonds. The number of primary amides is 1. The molecule has 3 heterocycles. The summed E-state index contributed by atoms with van der Waals surface area (Å²) < 4.78 is 5.04. The zero-order valence-electron chi connectivity index (χ0n) is 14.6. The van der Waals surface area contributed by atoms with E-state index in [0.717, 1.165) is 5.56 Å². The van der Waals surface area contributed by atoms with Crippen LogP contribution in [-0.2, 0) is 9.53 Å². The number of carbonyl (C=O) groups is 2. The molecule has 0 saturated carbocycles. The molecule has 0 bridgehead atoms. The molecule has 2 aromatic heterocycles. The predicted octanol–water partition coefficient (Wildman–Crippen LogP) is 0.629. The molecule has 0 aliphatic carbocycles. The van der Waals surface area contributed by atoms with Crippen molar-refractivity contribution in [3.05, 3.63) is 24.0 Å². The lowest BCUT2D eigenvalue weighted by Gasteiger charge is -2.34. The van der Waals surface area contributed by atoms with Gasteiger partial charge in [0.1, 0.15) is 17.9 Å². The Morgan fingerprint density at radius 3 is 2.85 bits per heavy atom. The molecule has 0 spiro atoms. The van der Waals surface area contributed by atoms with Crippen molar-refractivity contribution in [2.24, 2.45) is 5.73 Å². The summed E-state index contributed by atoms with van der Waals surface area (Å²) in [5.74, 6) is 0.152. The molecule has 3 rings (SSSR count).